The maximum absolute atomic E-state index is 10.7. The summed E-state index contributed by atoms with van der Waals surface area (Å²) in [4.78, 5) is 10.7. The fraction of sp³-hybridized carbons (Fsp3) is 0.857. The second-order valence-corrected chi connectivity index (χ2v) is 2.99. The second kappa shape index (κ2) is 4.98. The third-order valence-electron chi connectivity index (χ3n) is 1.53. The summed E-state index contributed by atoms with van der Waals surface area (Å²) in [6.07, 6.45) is 1.95. The molecule has 54 valence electrons. The van der Waals surface area contributed by atoms with E-state index in [1.54, 1.807) is 6.92 Å². The van der Waals surface area contributed by atoms with Gasteiger partial charge in [0.15, 0.2) is 0 Å². The average Bonchev–Trinajstić information content (AvgIpc) is 1.82. The van der Waals surface area contributed by atoms with Crippen molar-refractivity contribution < 1.29 is 4.79 Å². The highest BCUT2D eigenvalue weighted by atomic mass is 79.9. The molecule has 0 saturated carbocycles. The molecule has 0 heterocycles. The number of halogens is 1. The lowest BCUT2D eigenvalue weighted by Crippen LogP contribution is -2.09. The molecule has 0 aromatic heterocycles. The smallest absolute Gasteiger partial charge is 0.132 e. The Bertz CT molecular complexity index is 90.9. The zero-order valence-electron chi connectivity index (χ0n) is 5.98. The molecular formula is C7H13BrO. The first kappa shape index (κ1) is 9.15. The molecule has 0 aliphatic heterocycles. The van der Waals surface area contributed by atoms with Crippen LogP contribution in [0, 0.1) is 5.92 Å². The molecule has 9 heavy (non-hydrogen) atoms. The molecule has 0 aromatic carbocycles. The van der Waals surface area contributed by atoms with Crippen molar-refractivity contribution in [2.24, 2.45) is 5.92 Å². The number of alkyl halides is 1. The van der Waals surface area contributed by atoms with E-state index in [0.717, 1.165) is 18.2 Å². The Morgan fingerprint density at radius 1 is 1.67 bits per heavy atom. The van der Waals surface area contributed by atoms with Gasteiger partial charge in [-0.05, 0) is 19.8 Å². The summed E-state index contributed by atoms with van der Waals surface area (Å²) in [5.74, 6) is 0.598. The van der Waals surface area contributed by atoms with Gasteiger partial charge in [-0.1, -0.05) is 22.9 Å². The standard InChI is InChI=1S/C7H13BrO/c1-3-7(4-5-8)6(2)9/h7H,3-5H2,1-2H3. The molecule has 0 spiro atoms. The topological polar surface area (TPSA) is 17.1 Å². The molecule has 0 bridgehead atoms. The van der Waals surface area contributed by atoms with E-state index in [1.165, 1.54) is 0 Å². The van der Waals surface area contributed by atoms with Crippen LogP contribution < -0.4 is 0 Å². The lowest BCUT2D eigenvalue weighted by molar-refractivity contribution is -0.120. The summed E-state index contributed by atoms with van der Waals surface area (Å²) >= 11 is 3.31. The third kappa shape index (κ3) is 3.68. The minimum atomic E-state index is 0.282. The predicted molar refractivity (Wildman–Crippen MR) is 42.9 cm³/mol. The van der Waals surface area contributed by atoms with Gasteiger partial charge in [-0.15, -0.1) is 0 Å². The van der Waals surface area contributed by atoms with Gasteiger partial charge < -0.3 is 0 Å². The van der Waals surface area contributed by atoms with Gasteiger partial charge in [0.05, 0.1) is 0 Å². The Labute approximate surface area is 65.0 Å². The quantitative estimate of drug-likeness (QED) is 0.626. The van der Waals surface area contributed by atoms with E-state index >= 15 is 0 Å². The molecular weight excluding hydrogens is 180 g/mol. The average molecular weight is 193 g/mol. The summed E-state index contributed by atoms with van der Waals surface area (Å²) in [6.45, 7) is 3.71. The Balaban J connectivity index is 3.54. The van der Waals surface area contributed by atoms with Crippen molar-refractivity contribution in [1.29, 1.82) is 0 Å². The molecule has 0 aromatic rings. The number of ketones is 1. The molecule has 0 saturated heterocycles. The van der Waals surface area contributed by atoms with E-state index < -0.39 is 0 Å². The number of hydrogen-bond acceptors (Lipinski definition) is 1. The molecule has 0 N–H and O–H groups in total. The van der Waals surface area contributed by atoms with Gasteiger partial charge in [-0.25, -0.2) is 0 Å². The minimum absolute atomic E-state index is 0.282. The zero-order valence-corrected chi connectivity index (χ0v) is 7.57. The van der Waals surface area contributed by atoms with Gasteiger partial charge in [-0.2, -0.15) is 0 Å². The highest BCUT2D eigenvalue weighted by Crippen LogP contribution is 2.10. The molecule has 0 rings (SSSR count). The highest BCUT2D eigenvalue weighted by Gasteiger charge is 2.09. The van der Waals surface area contributed by atoms with Crippen molar-refractivity contribution in [3.05, 3.63) is 0 Å². The van der Waals surface area contributed by atoms with E-state index in [1.807, 2.05) is 0 Å². The van der Waals surface area contributed by atoms with Crippen molar-refractivity contribution in [3.63, 3.8) is 0 Å². The first-order chi connectivity index (χ1) is 4.22. The van der Waals surface area contributed by atoms with Crippen LogP contribution in [0.3, 0.4) is 0 Å². The summed E-state index contributed by atoms with van der Waals surface area (Å²) < 4.78 is 0. The van der Waals surface area contributed by atoms with Crippen LogP contribution in [0.4, 0.5) is 0 Å². The Hall–Kier alpha value is 0.150. The largest absolute Gasteiger partial charge is 0.300 e. The maximum atomic E-state index is 10.7. The number of carbonyl (C=O) groups excluding carboxylic acids is 1. The zero-order chi connectivity index (χ0) is 7.28. The molecule has 1 unspecified atom stereocenters. The van der Waals surface area contributed by atoms with Crippen LogP contribution >= 0.6 is 15.9 Å². The van der Waals surface area contributed by atoms with Crippen LogP contribution in [-0.4, -0.2) is 11.1 Å². The lowest BCUT2D eigenvalue weighted by atomic mass is 10.00. The second-order valence-electron chi connectivity index (χ2n) is 2.19. The van der Waals surface area contributed by atoms with Crippen LogP contribution in [0.2, 0.25) is 0 Å². The molecule has 1 atom stereocenters. The molecule has 2 heteroatoms. The summed E-state index contributed by atoms with van der Waals surface area (Å²) in [5, 5.41) is 0.936. The first-order valence-corrected chi connectivity index (χ1v) is 4.41. The van der Waals surface area contributed by atoms with Crippen molar-refractivity contribution in [2.75, 3.05) is 5.33 Å². The van der Waals surface area contributed by atoms with Crippen LogP contribution in [0.15, 0.2) is 0 Å². The van der Waals surface area contributed by atoms with E-state index in [-0.39, 0.29) is 5.92 Å². The van der Waals surface area contributed by atoms with Gasteiger partial charge in [0.25, 0.3) is 0 Å². The van der Waals surface area contributed by atoms with Gasteiger partial charge in [0, 0.05) is 11.2 Å². The monoisotopic (exact) mass is 192 g/mol. The van der Waals surface area contributed by atoms with Gasteiger partial charge in [0.1, 0.15) is 5.78 Å². The Morgan fingerprint density at radius 3 is 2.33 bits per heavy atom. The highest BCUT2D eigenvalue weighted by molar-refractivity contribution is 9.09. The number of hydrogen-bond donors (Lipinski definition) is 0. The number of carbonyl (C=O) groups is 1. The van der Waals surface area contributed by atoms with Crippen molar-refractivity contribution in [3.8, 4) is 0 Å². The van der Waals surface area contributed by atoms with Crippen LogP contribution in [0.5, 0.6) is 0 Å². The minimum Gasteiger partial charge on any atom is -0.300 e. The molecule has 0 amide bonds. The summed E-state index contributed by atoms with van der Waals surface area (Å²) in [7, 11) is 0. The molecule has 1 nitrogen and oxygen atoms in total. The summed E-state index contributed by atoms with van der Waals surface area (Å²) in [5.41, 5.74) is 0. The van der Waals surface area contributed by atoms with E-state index in [4.69, 9.17) is 0 Å². The fourth-order valence-electron chi connectivity index (χ4n) is 0.827. The normalized spacial score (nSPS) is 13.2. The summed E-state index contributed by atoms with van der Waals surface area (Å²) in [6, 6.07) is 0. The Morgan fingerprint density at radius 2 is 2.22 bits per heavy atom. The lowest BCUT2D eigenvalue weighted by Gasteiger charge is -2.06. The van der Waals surface area contributed by atoms with Crippen molar-refractivity contribution >= 4 is 21.7 Å². The molecule has 0 radical (unpaired) electrons. The number of rotatable bonds is 4. The SMILES string of the molecule is CCC(CCBr)C(C)=O. The van der Waals surface area contributed by atoms with Crippen LogP contribution in [-0.2, 0) is 4.79 Å². The van der Waals surface area contributed by atoms with Crippen LogP contribution in [0.25, 0.3) is 0 Å². The van der Waals surface area contributed by atoms with E-state index in [0.29, 0.717) is 5.78 Å². The Kier molecular flexibility index (Phi) is 5.06. The van der Waals surface area contributed by atoms with E-state index in [9.17, 15) is 4.79 Å². The molecule has 0 fully saturated rings. The first-order valence-electron chi connectivity index (χ1n) is 3.28. The number of Topliss-reactive ketones (excluding diaryl/α,β-unsaturated/α-hetero) is 1. The third-order valence-corrected chi connectivity index (χ3v) is 1.98. The van der Waals surface area contributed by atoms with E-state index in [2.05, 4.69) is 22.9 Å². The van der Waals surface area contributed by atoms with Gasteiger partial charge in [0.2, 0.25) is 0 Å². The van der Waals surface area contributed by atoms with Gasteiger partial charge in [-0.3, -0.25) is 4.79 Å². The fourth-order valence-corrected chi connectivity index (χ4v) is 1.38. The predicted octanol–water partition coefficient (Wildman–Crippen LogP) is 2.39. The van der Waals surface area contributed by atoms with Crippen molar-refractivity contribution in [1.82, 2.24) is 0 Å². The van der Waals surface area contributed by atoms with Gasteiger partial charge >= 0.3 is 0 Å². The molecule has 0 aliphatic rings. The maximum Gasteiger partial charge on any atom is 0.132 e. The van der Waals surface area contributed by atoms with Crippen molar-refractivity contribution in [2.45, 2.75) is 26.7 Å². The van der Waals surface area contributed by atoms with Crippen LogP contribution in [0.1, 0.15) is 26.7 Å². The molecule has 0 aliphatic carbocycles.